The second kappa shape index (κ2) is 3.51. The highest BCUT2D eigenvalue weighted by Crippen LogP contribution is 2.24. The molecule has 0 spiro atoms. The maximum Gasteiger partial charge on any atom is 0.165 e. The fourth-order valence-corrected chi connectivity index (χ4v) is 0.958. The summed E-state index contributed by atoms with van der Waals surface area (Å²) >= 11 is 0. The average molecular weight is 170 g/mol. The van der Waals surface area contributed by atoms with Gasteiger partial charge in [0.05, 0.1) is 0 Å². The van der Waals surface area contributed by atoms with Crippen molar-refractivity contribution in [1.29, 1.82) is 0 Å². The van der Waals surface area contributed by atoms with E-state index >= 15 is 0 Å². The summed E-state index contributed by atoms with van der Waals surface area (Å²) < 4.78 is 12.7. The third-order valence-electron chi connectivity index (χ3n) is 1.67. The molecule has 1 aromatic carbocycles. The zero-order valence-electron chi connectivity index (χ0n) is 6.50. The van der Waals surface area contributed by atoms with E-state index in [-0.39, 0.29) is 6.54 Å². The minimum absolute atomic E-state index is 0.178. The molecular weight excluding hydrogens is 159 g/mol. The Labute approximate surface area is 69.8 Å². The first-order chi connectivity index (χ1) is 5.66. The molecule has 1 aromatic rings. The van der Waals surface area contributed by atoms with Gasteiger partial charge in [-0.25, -0.2) is 4.39 Å². The van der Waals surface area contributed by atoms with Gasteiger partial charge in [0.25, 0.3) is 0 Å². The number of phenols is 1. The summed E-state index contributed by atoms with van der Waals surface area (Å²) in [6.07, 6.45) is 0. The molecule has 0 amide bonds. The number of para-hydroxylation sites is 1. The van der Waals surface area contributed by atoms with Crippen LogP contribution in [0.5, 0.6) is 5.75 Å². The molecule has 0 aromatic heterocycles. The summed E-state index contributed by atoms with van der Waals surface area (Å²) in [5.74, 6) is -1.08. The van der Waals surface area contributed by atoms with E-state index in [1.807, 2.05) is 0 Å². The Hall–Kier alpha value is -1.13. The van der Waals surface area contributed by atoms with E-state index in [4.69, 9.17) is 11.5 Å². The molecule has 0 aliphatic heterocycles. The number of hydrogen-bond donors (Lipinski definition) is 3. The van der Waals surface area contributed by atoms with Gasteiger partial charge in [-0.05, 0) is 6.07 Å². The number of halogens is 1. The summed E-state index contributed by atoms with van der Waals surface area (Å²) in [6, 6.07) is 3.69. The summed E-state index contributed by atoms with van der Waals surface area (Å²) in [4.78, 5) is 0. The first-order valence-electron chi connectivity index (χ1n) is 3.60. The van der Waals surface area contributed by atoms with Gasteiger partial charge in [-0.15, -0.1) is 0 Å². The molecule has 0 saturated heterocycles. The third-order valence-corrected chi connectivity index (χ3v) is 1.67. The number of phenolic OH excluding ortho intramolecular Hbond substituents is 1. The van der Waals surface area contributed by atoms with Crippen molar-refractivity contribution in [1.82, 2.24) is 0 Å². The van der Waals surface area contributed by atoms with Crippen molar-refractivity contribution in [3.8, 4) is 5.75 Å². The molecule has 0 heterocycles. The Kier molecular flexibility index (Phi) is 2.62. The molecule has 0 aliphatic carbocycles. The van der Waals surface area contributed by atoms with E-state index in [1.54, 1.807) is 6.07 Å². The predicted octanol–water partition coefficient (Wildman–Crippen LogP) is 0.490. The molecule has 0 radical (unpaired) electrons. The van der Waals surface area contributed by atoms with E-state index in [9.17, 15) is 9.50 Å². The summed E-state index contributed by atoms with van der Waals surface area (Å²) in [6.45, 7) is 0.178. The van der Waals surface area contributed by atoms with Crippen LogP contribution in [-0.4, -0.2) is 11.7 Å². The standard InChI is InChI=1S/C8H11FN2O/c9-6-3-1-2-5(8(6)12)7(11)4-10/h1-3,7,12H,4,10-11H2/t7-/m0/s1. The average Bonchev–Trinajstić information content (AvgIpc) is 2.08. The molecule has 1 rings (SSSR count). The molecule has 0 bridgehead atoms. The van der Waals surface area contributed by atoms with Gasteiger partial charge in [0, 0.05) is 18.2 Å². The number of aromatic hydroxyl groups is 1. The van der Waals surface area contributed by atoms with Crippen molar-refractivity contribution in [3.63, 3.8) is 0 Å². The molecule has 0 aliphatic rings. The first kappa shape index (κ1) is 8.96. The SMILES string of the molecule is NC[C@H](N)c1cccc(F)c1O. The van der Waals surface area contributed by atoms with Crippen LogP contribution in [0.3, 0.4) is 0 Å². The zero-order chi connectivity index (χ0) is 9.14. The molecule has 3 nitrogen and oxygen atoms in total. The Morgan fingerprint density at radius 3 is 2.75 bits per heavy atom. The van der Waals surface area contributed by atoms with Crippen LogP contribution in [0, 0.1) is 5.82 Å². The molecular formula is C8H11FN2O. The Morgan fingerprint density at radius 1 is 1.50 bits per heavy atom. The van der Waals surface area contributed by atoms with Gasteiger partial charge in [-0.3, -0.25) is 0 Å². The zero-order valence-corrected chi connectivity index (χ0v) is 6.50. The van der Waals surface area contributed by atoms with Gasteiger partial charge in [-0.1, -0.05) is 12.1 Å². The highest BCUT2D eigenvalue weighted by molar-refractivity contribution is 5.35. The highest BCUT2D eigenvalue weighted by Gasteiger charge is 2.11. The van der Waals surface area contributed by atoms with Crippen LogP contribution in [-0.2, 0) is 0 Å². The molecule has 4 heteroatoms. The number of hydrogen-bond acceptors (Lipinski definition) is 3. The van der Waals surface area contributed by atoms with Gasteiger partial charge in [0.2, 0.25) is 0 Å². The number of nitrogens with two attached hydrogens (primary N) is 2. The fraction of sp³-hybridized carbons (Fsp3) is 0.250. The van der Waals surface area contributed by atoms with Gasteiger partial charge in [0.15, 0.2) is 11.6 Å². The molecule has 0 fully saturated rings. The lowest BCUT2D eigenvalue weighted by Crippen LogP contribution is -2.20. The van der Waals surface area contributed by atoms with Crippen LogP contribution in [0.25, 0.3) is 0 Å². The van der Waals surface area contributed by atoms with Crippen LogP contribution in [0.1, 0.15) is 11.6 Å². The van der Waals surface area contributed by atoms with Crippen molar-refractivity contribution in [2.45, 2.75) is 6.04 Å². The van der Waals surface area contributed by atoms with Crippen LogP contribution in [0.4, 0.5) is 4.39 Å². The summed E-state index contributed by atoms with van der Waals surface area (Å²) in [7, 11) is 0. The van der Waals surface area contributed by atoms with Crippen molar-refractivity contribution in [2.24, 2.45) is 11.5 Å². The van der Waals surface area contributed by atoms with Gasteiger partial charge < -0.3 is 16.6 Å². The first-order valence-corrected chi connectivity index (χ1v) is 3.60. The van der Waals surface area contributed by atoms with E-state index < -0.39 is 17.6 Å². The molecule has 0 unspecified atom stereocenters. The molecule has 1 atom stereocenters. The lowest BCUT2D eigenvalue weighted by atomic mass is 10.1. The summed E-state index contributed by atoms with van der Waals surface area (Å²) in [5.41, 5.74) is 11.1. The lowest BCUT2D eigenvalue weighted by Gasteiger charge is -2.10. The van der Waals surface area contributed by atoms with Crippen molar-refractivity contribution in [2.75, 3.05) is 6.54 Å². The van der Waals surface area contributed by atoms with Crippen LogP contribution in [0.2, 0.25) is 0 Å². The molecule has 12 heavy (non-hydrogen) atoms. The van der Waals surface area contributed by atoms with E-state index in [2.05, 4.69) is 0 Å². The summed E-state index contributed by atoms with van der Waals surface area (Å²) in [5, 5.41) is 9.19. The monoisotopic (exact) mass is 170 g/mol. The smallest absolute Gasteiger partial charge is 0.165 e. The predicted molar refractivity (Wildman–Crippen MR) is 44.0 cm³/mol. The molecule has 66 valence electrons. The maximum atomic E-state index is 12.7. The van der Waals surface area contributed by atoms with Gasteiger partial charge in [0.1, 0.15) is 0 Å². The van der Waals surface area contributed by atoms with Crippen molar-refractivity contribution >= 4 is 0 Å². The quantitative estimate of drug-likeness (QED) is 0.604. The van der Waals surface area contributed by atoms with E-state index in [0.29, 0.717) is 5.56 Å². The van der Waals surface area contributed by atoms with Crippen molar-refractivity contribution < 1.29 is 9.50 Å². The maximum absolute atomic E-state index is 12.7. The topological polar surface area (TPSA) is 72.3 Å². The van der Waals surface area contributed by atoms with E-state index in [1.165, 1.54) is 12.1 Å². The minimum atomic E-state index is -0.670. The Bertz CT molecular complexity index is 278. The Balaban J connectivity index is 3.07. The van der Waals surface area contributed by atoms with Gasteiger partial charge in [-0.2, -0.15) is 0 Å². The molecule has 0 saturated carbocycles. The van der Waals surface area contributed by atoms with Crippen LogP contribution in [0.15, 0.2) is 18.2 Å². The van der Waals surface area contributed by atoms with Crippen molar-refractivity contribution in [3.05, 3.63) is 29.6 Å². The highest BCUT2D eigenvalue weighted by atomic mass is 19.1. The largest absolute Gasteiger partial charge is 0.505 e. The van der Waals surface area contributed by atoms with E-state index in [0.717, 1.165) is 0 Å². The normalized spacial score (nSPS) is 12.9. The lowest BCUT2D eigenvalue weighted by molar-refractivity contribution is 0.421. The Morgan fingerprint density at radius 2 is 2.17 bits per heavy atom. The van der Waals surface area contributed by atoms with Crippen LogP contribution < -0.4 is 11.5 Å². The number of rotatable bonds is 2. The van der Waals surface area contributed by atoms with Gasteiger partial charge >= 0.3 is 0 Å². The molecule has 5 N–H and O–H groups in total. The third kappa shape index (κ3) is 1.54. The minimum Gasteiger partial charge on any atom is -0.505 e. The fourth-order valence-electron chi connectivity index (χ4n) is 0.958. The second-order valence-corrected chi connectivity index (χ2v) is 2.52. The number of benzene rings is 1. The van der Waals surface area contributed by atoms with Crippen LogP contribution >= 0.6 is 0 Å². The second-order valence-electron chi connectivity index (χ2n) is 2.52.